The molecule has 7 heteroatoms. The zero-order valence-electron chi connectivity index (χ0n) is 17.6. The van der Waals surface area contributed by atoms with Gasteiger partial charge in [0, 0.05) is 62.0 Å². The Morgan fingerprint density at radius 2 is 0.360 bits per heavy atom. The molecule has 1 radical (unpaired) electrons. The first-order chi connectivity index (χ1) is 11.5. The van der Waals surface area contributed by atoms with Gasteiger partial charge in [0.1, 0.15) is 0 Å². The van der Waals surface area contributed by atoms with Gasteiger partial charge in [-0.15, -0.1) is 0 Å². The van der Waals surface area contributed by atoms with Crippen LogP contribution in [0.4, 0.5) is 0 Å². The number of rotatable bonds is 6. The van der Waals surface area contributed by atoms with E-state index in [0.29, 0.717) is 39.6 Å². The van der Waals surface area contributed by atoms with Crippen molar-refractivity contribution >= 4 is 0 Å². The maximum absolute atomic E-state index is 7.88. The van der Waals surface area contributed by atoms with Crippen molar-refractivity contribution in [3.8, 4) is 0 Å². The topological polar surface area (TPSA) is 121 Å². The Kier molecular flexibility index (Phi) is 155. The Morgan fingerprint density at radius 1 is 0.320 bits per heavy atom. The van der Waals surface area contributed by atoms with Gasteiger partial charge in [-0.25, -0.2) is 0 Å². The zero-order valence-corrected chi connectivity index (χ0v) is 19.8. The van der Waals surface area contributed by atoms with Gasteiger partial charge in [0.2, 0.25) is 0 Å². The Bertz CT molecular complexity index is 68.5. The first-order valence-electron chi connectivity index (χ1n) is 9.14. The Balaban J connectivity index is -0.0000000309. The molecule has 25 heavy (non-hydrogen) atoms. The van der Waals surface area contributed by atoms with Gasteiger partial charge in [-0.1, -0.05) is 41.5 Å². The molecule has 0 heterocycles. The summed E-state index contributed by atoms with van der Waals surface area (Å²) >= 11 is 0. The SMILES string of the molecule is CCCO.CCCO.CCCO.CCCO.CCCO.CCCO.[Nb]. The maximum atomic E-state index is 7.88. The van der Waals surface area contributed by atoms with Gasteiger partial charge in [-0.05, 0) is 38.5 Å². The summed E-state index contributed by atoms with van der Waals surface area (Å²) in [6.45, 7) is 13.5. The third-order valence-electron chi connectivity index (χ3n) is 1.34. The van der Waals surface area contributed by atoms with E-state index < -0.39 is 0 Å². The van der Waals surface area contributed by atoms with Gasteiger partial charge < -0.3 is 30.6 Å². The first kappa shape index (κ1) is 44.7. The van der Waals surface area contributed by atoms with E-state index in [4.69, 9.17) is 30.6 Å². The van der Waals surface area contributed by atoms with E-state index in [-0.39, 0.29) is 22.4 Å². The van der Waals surface area contributed by atoms with Crippen LogP contribution in [0.5, 0.6) is 0 Å². The molecule has 0 atom stereocenters. The molecule has 0 aliphatic carbocycles. The molecule has 0 unspecified atom stereocenters. The van der Waals surface area contributed by atoms with Crippen LogP contribution in [0.3, 0.4) is 0 Å². The summed E-state index contributed by atoms with van der Waals surface area (Å²) in [6.07, 6.45) is 5.25. The predicted octanol–water partition coefficient (Wildman–Crippen LogP) is 2.33. The fraction of sp³-hybridized carbons (Fsp3) is 1.00. The monoisotopic (exact) mass is 453 g/mol. The summed E-state index contributed by atoms with van der Waals surface area (Å²) in [5, 5.41) is 47.2. The minimum absolute atomic E-state index is 0. The van der Waals surface area contributed by atoms with Crippen LogP contribution < -0.4 is 0 Å². The molecule has 0 fully saturated rings. The molecule has 0 aromatic heterocycles. The molecule has 161 valence electrons. The fourth-order valence-electron chi connectivity index (χ4n) is 0. The van der Waals surface area contributed by atoms with Gasteiger partial charge in [0.05, 0.1) is 0 Å². The predicted molar refractivity (Wildman–Crippen MR) is 104 cm³/mol. The molecule has 0 saturated heterocycles. The smallest absolute Gasteiger partial charge is 0.0428 e. The van der Waals surface area contributed by atoms with Crippen LogP contribution in [0.1, 0.15) is 80.1 Å². The van der Waals surface area contributed by atoms with Gasteiger partial charge in [0.25, 0.3) is 0 Å². The van der Waals surface area contributed by atoms with E-state index in [9.17, 15) is 0 Å². The first-order valence-corrected chi connectivity index (χ1v) is 9.14. The number of hydrogen-bond donors (Lipinski definition) is 6. The van der Waals surface area contributed by atoms with Gasteiger partial charge >= 0.3 is 0 Å². The molecule has 0 aliphatic heterocycles. The van der Waals surface area contributed by atoms with Crippen LogP contribution in [0.25, 0.3) is 0 Å². The van der Waals surface area contributed by atoms with Crippen LogP contribution in [0.2, 0.25) is 0 Å². The summed E-state index contributed by atoms with van der Waals surface area (Å²) in [7, 11) is 0. The molecule has 0 aromatic carbocycles. The third-order valence-corrected chi connectivity index (χ3v) is 1.34. The molecule has 0 bridgehead atoms. The van der Waals surface area contributed by atoms with Crippen molar-refractivity contribution in [2.45, 2.75) is 80.1 Å². The maximum Gasteiger partial charge on any atom is 0.0428 e. The van der Waals surface area contributed by atoms with Crippen molar-refractivity contribution in [2.75, 3.05) is 39.6 Å². The van der Waals surface area contributed by atoms with Gasteiger partial charge in [-0.3, -0.25) is 0 Å². The fourth-order valence-corrected chi connectivity index (χ4v) is 0. The molecule has 6 N–H and O–H groups in total. The summed E-state index contributed by atoms with van der Waals surface area (Å²) in [5.74, 6) is 0. The summed E-state index contributed by atoms with van der Waals surface area (Å²) in [6, 6.07) is 0. The van der Waals surface area contributed by atoms with Gasteiger partial charge in [-0.2, -0.15) is 0 Å². The second-order valence-electron chi connectivity index (χ2n) is 4.34. The zero-order chi connectivity index (χ0) is 20.5. The molecule has 6 nitrogen and oxygen atoms in total. The van der Waals surface area contributed by atoms with Crippen molar-refractivity contribution in [1.29, 1.82) is 0 Å². The van der Waals surface area contributed by atoms with Crippen LogP contribution >= 0.6 is 0 Å². The van der Waals surface area contributed by atoms with Crippen LogP contribution in [0.15, 0.2) is 0 Å². The van der Waals surface area contributed by atoms with Crippen molar-refractivity contribution in [3.05, 3.63) is 0 Å². The number of hydrogen-bond acceptors (Lipinski definition) is 6. The molecular weight excluding hydrogens is 405 g/mol. The molecule has 0 rings (SSSR count). The second-order valence-corrected chi connectivity index (χ2v) is 4.34. The van der Waals surface area contributed by atoms with Crippen molar-refractivity contribution in [2.24, 2.45) is 0 Å². The van der Waals surface area contributed by atoms with Gasteiger partial charge in [0.15, 0.2) is 0 Å². The molecule has 0 aliphatic rings. The molecule has 0 amide bonds. The largest absolute Gasteiger partial charge is 0.396 e. The molecular formula is C18H48NbO6. The summed E-state index contributed by atoms with van der Waals surface area (Å²) in [5.41, 5.74) is 0. The Labute approximate surface area is 172 Å². The second kappa shape index (κ2) is 86.6. The van der Waals surface area contributed by atoms with E-state index in [1.165, 1.54) is 0 Å². The van der Waals surface area contributed by atoms with Crippen LogP contribution in [0, 0.1) is 0 Å². The van der Waals surface area contributed by atoms with E-state index in [1.807, 2.05) is 41.5 Å². The minimum Gasteiger partial charge on any atom is -0.396 e. The summed E-state index contributed by atoms with van der Waals surface area (Å²) < 4.78 is 0. The Morgan fingerprint density at radius 3 is 0.360 bits per heavy atom. The van der Waals surface area contributed by atoms with Crippen LogP contribution in [-0.4, -0.2) is 70.3 Å². The minimum atomic E-state index is 0. The van der Waals surface area contributed by atoms with Crippen molar-refractivity contribution in [1.82, 2.24) is 0 Å². The van der Waals surface area contributed by atoms with Crippen molar-refractivity contribution in [3.63, 3.8) is 0 Å². The quantitative estimate of drug-likeness (QED) is 0.344. The summed E-state index contributed by atoms with van der Waals surface area (Å²) in [4.78, 5) is 0. The molecule has 0 saturated carbocycles. The standard InChI is InChI=1S/6C3H8O.Nb/c6*1-2-3-4;/h6*4H,2-3H2,1H3;. The third kappa shape index (κ3) is 294. The van der Waals surface area contributed by atoms with E-state index in [0.717, 1.165) is 38.5 Å². The van der Waals surface area contributed by atoms with E-state index >= 15 is 0 Å². The number of aliphatic hydroxyl groups excluding tert-OH is 6. The van der Waals surface area contributed by atoms with E-state index in [2.05, 4.69) is 0 Å². The van der Waals surface area contributed by atoms with Crippen LogP contribution in [-0.2, 0) is 22.4 Å². The molecule has 0 aromatic rings. The molecule has 0 spiro atoms. The number of aliphatic hydroxyl groups is 6. The Hall–Kier alpha value is 0.500. The average Bonchev–Trinajstić information content (AvgIpc) is 2.68. The van der Waals surface area contributed by atoms with E-state index in [1.54, 1.807) is 0 Å². The van der Waals surface area contributed by atoms with Crippen molar-refractivity contribution < 1.29 is 53.0 Å². The average molecular weight is 453 g/mol. The normalized spacial score (nSPS) is 7.20.